The molecule has 0 heterocycles. The van der Waals surface area contributed by atoms with Crippen molar-refractivity contribution in [3.05, 3.63) is 33.9 Å². The first-order valence-corrected chi connectivity index (χ1v) is 5.39. The molecule has 0 radical (unpaired) electrons. The Balaban J connectivity index is 2.94. The zero-order valence-electron chi connectivity index (χ0n) is 10.1. The van der Waals surface area contributed by atoms with Crippen molar-refractivity contribution in [1.82, 2.24) is 0 Å². The van der Waals surface area contributed by atoms with Crippen LogP contribution in [0.4, 0.5) is 20.2 Å². The van der Waals surface area contributed by atoms with Gasteiger partial charge in [0, 0.05) is 26.1 Å². The minimum absolute atomic E-state index is 0.0886. The molecule has 0 aliphatic rings. The molecule has 1 aromatic carbocycles. The number of rotatable bonds is 6. The van der Waals surface area contributed by atoms with E-state index in [0.29, 0.717) is 6.07 Å². The van der Waals surface area contributed by atoms with Crippen molar-refractivity contribution in [2.45, 2.75) is 12.8 Å². The normalized spacial score (nSPS) is 10.3. The van der Waals surface area contributed by atoms with Gasteiger partial charge in [-0.3, -0.25) is 14.9 Å². The van der Waals surface area contributed by atoms with Crippen LogP contribution < -0.4 is 4.90 Å². The van der Waals surface area contributed by atoms with Crippen LogP contribution in [0.1, 0.15) is 12.8 Å². The zero-order valence-corrected chi connectivity index (χ0v) is 10.1. The number of hydrogen-bond donors (Lipinski definition) is 1. The summed E-state index contributed by atoms with van der Waals surface area (Å²) in [5.41, 5.74) is -0.647. The number of nitrogens with zero attached hydrogens (tertiary/aromatic N) is 2. The second-order valence-corrected chi connectivity index (χ2v) is 3.93. The summed E-state index contributed by atoms with van der Waals surface area (Å²) in [4.78, 5) is 21.6. The van der Waals surface area contributed by atoms with Gasteiger partial charge < -0.3 is 10.0 Å². The number of halogens is 2. The number of aliphatic carboxylic acids is 1. The van der Waals surface area contributed by atoms with E-state index in [2.05, 4.69) is 0 Å². The van der Waals surface area contributed by atoms with E-state index >= 15 is 0 Å². The molecule has 1 aromatic rings. The topological polar surface area (TPSA) is 83.7 Å². The first-order valence-electron chi connectivity index (χ1n) is 5.39. The van der Waals surface area contributed by atoms with Gasteiger partial charge in [0.1, 0.15) is 5.69 Å². The van der Waals surface area contributed by atoms with Crippen LogP contribution in [0.15, 0.2) is 12.1 Å². The Hall–Kier alpha value is -2.25. The van der Waals surface area contributed by atoms with Crippen molar-refractivity contribution in [1.29, 1.82) is 0 Å². The molecule has 0 unspecified atom stereocenters. The van der Waals surface area contributed by atoms with E-state index in [1.54, 1.807) is 0 Å². The number of carboxylic acid groups (broad SMARTS) is 1. The second-order valence-electron chi connectivity index (χ2n) is 3.93. The van der Waals surface area contributed by atoms with E-state index in [9.17, 15) is 23.7 Å². The van der Waals surface area contributed by atoms with Crippen molar-refractivity contribution < 1.29 is 23.6 Å². The van der Waals surface area contributed by atoms with Gasteiger partial charge in [0.15, 0.2) is 11.6 Å². The molecule has 19 heavy (non-hydrogen) atoms. The summed E-state index contributed by atoms with van der Waals surface area (Å²) in [5.74, 6) is -3.48. The molecule has 0 bridgehead atoms. The molecule has 0 fully saturated rings. The summed E-state index contributed by atoms with van der Waals surface area (Å²) in [6.45, 7) is 0.179. The number of nitro benzene ring substituents is 1. The SMILES string of the molecule is CN(CCCC(=O)O)c1cc(F)c(F)cc1[N+](=O)[O-]. The highest BCUT2D eigenvalue weighted by atomic mass is 19.2. The minimum atomic E-state index is -1.30. The lowest BCUT2D eigenvalue weighted by molar-refractivity contribution is -0.384. The van der Waals surface area contributed by atoms with E-state index < -0.39 is 28.2 Å². The third-order valence-electron chi connectivity index (χ3n) is 2.51. The fraction of sp³-hybridized carbons (Fsp3) is 0.364. The smallest absolute Gasteiger partial charge is 0.303 e. The molecule has 104 valence electrons. The summed E-state index contributed by atoms with van der Waals surface area (Å²) in [6.07, 6.45) is 0.129. The third kappa shape index (κ3) is 3.87. The van der Waals surface area contributed by atoms with E-state index in [1.807, 2.05) is 0 Å². The maximum atomic E-state index is 13.1. The fourth-order valence-electron chi connectivity index (χ4n) is 1.57. The summed E-state index contributed by atoms with van der Waals surface area (Å²) < 4.78 is 26.1. The minimum Gasteiger partial charge on any atom is -0.481 e. The van der Waals surface area contributed by atoms with Crippen molar-refractivity contribution in [2.75, 3.05) is 18.5 Å². The highest BCUT2D eigenvalue weighted by Gasteiger charge is 2.21. The Morgan fingerprint density at radius 2 is 2.00 bits per heavy atom. The highest BCUT2D eigenvalue weighted by molar-refractivity contribution is 5.67. The van der Waals surface area contributed by atoms with E-state index in [4.69, 9.17) is 5.11 Å². The Labute approximate surface area is 107 Å². The molecule has 0 saturated carbocycles. The quantitative estimate of drug-likeness (QED) is 0.635. The van der Waals surface area contributed by atoms with E-state index in [1.165, 1.54) is 11.9 Å². The van der Waals surface area contributed by atoms with Crippen molar-refractivity contribution in [3.8, 4) is 0 Å². The van der Waals surface area contributed by atoms with E-state index in [-0.39, 0.29) is 25.1 Å². The first kappa shape index (κ1) is 14.8. The molecule has 0 aliphatic heterocycles. The molecule has 1 rings (SSSR count). The van der Waals surface area contributed by atoms with Crippen LogP contribution in [0.25, 0.3) is 0 Å². The van der Waals surface area contributed by atoms with Crippen LogP contribution in [-0.2, 0) is 4.79 Å². The average molecular weight is 274 g/mol. The molecule has 0 spiro atoms. The van der Waals surface area contributed by atoms with Gasteiger partial charge in [-0.05, 0) is 6.42 Å². The maximum Gasteiger partial charge on any atom is 0.303 e. The molecule has 0 aliphatic carbocycles. The Morgan fingerprint density at radius 1 is 1.42 bits per heavy atom. The molecule has 1 N–H and O–H groups in total. The average Bonchev–Trinajstić information content (AvgIpc) is 2.31. The molecule has 0 aromatic heterocycles. The first-order chi connectivity index (χ1) is 8.82. The molecule has 0 amide bonds. The number of carbonyl (C=O) groups is 1. The molecule has 0 saturated heterocycles. The standard InChI is InChI=1S/C11H12F2N2O4/c1-14(4-2-3-11(16)17)9-5-7(12)8(13)6-10(9)15(18)19/h5-6H,2-4H2,1H3,(H,16,17). The maximum absolute atomic E-state index is 13.1. The Kier molecular flexibility index (Phi) is 4.74. The predicted molar refractivity (Wildman–Crippen MR) is 63.2 cm³/mol. The number of hydrogen-bond acceptors (Lipinski definition) is 4. The van der Waals surface area contributed by atoms with Crippen molar-refractivity contribution in [3.63, 3.8) is 0 Å². The highest BCUT2D eigenvalue weighted by Crippen LogP contribution is 2.29. The second kappa shape index (κ2) is 6.07. The van der Waals surface area contributed by atoms with Gasteiger partial charge in [-0.15, -0.1) is 0 Å². The van der Waals surface area contributed by atoms with Crippen molar-refractivity contribution in [2.24, 2.45) is 0 Å². The molecule has 0 atom stereocenters. The monoisotopic (exact) mass is 274 g/mol. The van der Waals surface area contributed by atoms with Crippen LogP contribution >= 0.6 is 0 Å². The number of nitro groups is 1. The molecule has 6 nitrogen and oxygen atoms in total. The number of carboxylic acids is 1. The lowest BCUT2D eigenvalue weighted by Crippen LogP contribution is -2.20. The summed E-state index contributed by atoms with van der Waals surface area (Å²) in [6, 6.07) is 1.24. The van der Waals surface area contributed by atoms with Gasteiger partial charge in [-0.1, -0.05) is 0 Å². The largest absolute Gasteiger partial charge is 0.481 e. The van der Waals surface area contributed by atoms with Crippen LogP contribution in [0, 0.1) is 21.7 Å². The fourth-order valence-corrected chi connectivity index (χ4v) is 1.57. The molecular formula is C11H12F2N2O4. The van der Waals surface area contributed by atoms with Crippen LogP contribution in [0.2, 0.25) is 0 Å². The van der Waals surface area contributed by atoms with Gasteiger partial charge >= 0.3 is 5.97 Å². The number of benzene rings is 1. The Bertz CT molecular complexity index is 508. The van der Waals surface area contributed by atoms with Crippen molar-refractivity contribution >= 4 is 17.3 Å². The van der Waals surface area contributed by atoms with Crippen LogP contribution in [-0.4, -0.2) is 29.6 Å². The third-order valence-corrected chi connectivity index (χ3v) is 2.51. The van der Waals surface area contributed by atoms with Gasteiger partial charge in [-0.25, -0.2) is 8.78 Å². The van der Waals surface area contributed by atoms with Crippen LogP contribution in [0.3, 0.4) is 0 Å². The summed E-state index contributed by atoms with van der Waals surface area (Å²) in [5, 5.41) is 19.3. The number of anilines is 1. The Morgan fingerprint density at radius 3 is 2.53 bits per heavy atom. The van der Waals surface area contributed by atoms with Gasteiger partial charge in [-0.2, -0.15) is 0 Å². The summed E-state index contributed by atoms with van der Waals surface area (Å²) >= 11 is 0. The lowest BCUT2D eigenvalue weighted by atomic mass is 10.2. The molecule has 8 heteroatoms. The van der Waals surface area contributed by atoms with Crippen LogP contribution in [0.5, 0.6) is 0 Å². The molecular weight excluding hydrogens is 262 g/mol. The summed E-state index contributed by atoms with van der Waals surface area (Å²) in [7, 11) is 1.45. The zero-order chi connectivity index (χ0) is 14.6. The van der Waals surface area contributed by atoms with Gasteiger partial charge in [0.25, 0.3) is 5.69 Å². The van der Waals surface area contributed by atoms with Gasteiger partial charge in [0.2, 0.25) is 0 Å². The lowest BCUT2D eigenvalue weighted by Gasteiger charge is -2.18. The van der Waals surface area contributed by atoms with E-state index in [0.717, 1.165) is 6.07 Å². The van der Waals surface area contributed by atoms with Gasteiger partial charge in [0.05, 0.1) is 11.0 Å². The predicted octanol–water partition coefficient (Wildman–Crippen LogP) is 2.17.